The van der Waals surface area contributed by atoms with Crippen LogP contribution in [-0.4, -0.2) is 9.78 Å². The van der Waals surface area contributed by atoms with E-state index in [-0.39, 0.29) is 0 Å². The summed E-state index contributed by atoms with van der Waals surface area (Å²) in [5.74, 6) is 0. The smallest absolute Gasteiger partial charge is 0.399 e. The van der Waals surface area contributed by atoms with Crippen LogP contribution < -0.4 is 5.73 Å². The Hall–Kier alpha value is -1.69. The van der Waals surface area contributed by atoms with Crippen LogP contribution in [0.2, 0.25) is 5.02 Å². The van der Waals surface area contributed by atoms with Gasteiger partial charge in [-0.2, -0.15) is 18.3 Å². The Morgan fingerprint density at radius 3 is 2.57 bits per heavy atom. The summed E-state index contributed by atoms with van der Waals surface area (Å²) in [6.07, 6.45) is -1.89. The molecular weight excluding hydrogens is 303 g/mol. The van der Waals surface area contributed by atoms with Crippen molar-refractivity contribution in [1.29, 1.82) is 0 Å². The number of nitrogen functional groups attached to an aromatic ring is 1. The van der Waals surface area contributed by atoms with Gasteiger partial charge in [0, 0.05) is 16.9 Å². The summed E-state index contributed by atoms with van der Waals surface area (Å²) in [5, 5.41) is 4.08. The van der Waals surface area contributed by atoms with Crippen LogP contribution in [0.4, 0.5) is 18.9 Å². The Labute approximate surface area is 124 Å². The van der Waals surface area contributed by atoms with Crippen LogP contribution in [0.1, 0.15) is 29.8 Å². The van der Waals surface area contributed by atoms with Crippen molar-refractivity contribution in [2.45, 2.75) is 31.9 Å². The van der Waals surface area contributed by atoms with Gasteiger partial charge in [0.15, 0.2) is 5.69 Å². The van der Waals surface area contributed by atoms with Crippen LogP contribution in [0.5, 0.6) is 0 Å². The topological polar surface area (TPSA) is 43.8 Å². The minimum atomic E-state index is -4.45. The summed E-state index contributed by atoms with van der Waals surface area (Å²) < 4.78 is 40.7. The van der Waals surface area contributed by atoms with E-state index in [0.29, 0.717) is 40.5 Å². The second-order valence-electron chi connectivity index (χ2n) is 5.10. The van der Waals surface area contributed by atoms with E-state index in [2.05, 4.69) is 5.10 Å². The van der Waals surface area contributed by atoms with Crippen LogP contribution in [-0.2, 0) is 19.0 Å². The van der Waals surface area contributed by atoms with Gasteiger partial charge in [-0.1, -0.05) is 11.6 Å². The first-order chi connectivity index (χ1) is 9.88. The number of hydrogen-bond acceptors (Lipinski definition) is 2. The first kappa shape index (κ1) is 14.3. The second kappa shape index (κ2) is 4.94. The zero-order valence-electron chi connectivity index (χ0n) is 11.0. The molecule has 21 heavy (non-hydrogen) atoms. The van der Waals surface area contributed by atoms with E-state index >= 15 is 0 Å². The fourth-order valence-electron chi connectivity index (χ4n) is 2.72. The summed E-state index contributed by atoms with van der Waals surface area (Å²) in [7, 11) is 0. The molecule has 0 bridgehead atoms. The molecule has 0 radical (unpaired) electrons. The number of fused-ring (bicyclic) bond motifs is 1. The van der Waals surface area contributed by atoms with Gasteiger partial charge in [-0.3, -0.25) is 0 Å². The average Bonchev–Trinajstić information content (AvgIpc) is 2.78. The SMILES string of the molecule is Nc1ccc(-n2nc(C(F)(F)F)c3c2CCCC3)c(Cl)c1. The van der Waals surface area contributed by atoms with Gasteiger partial charge in [-0.25, -0.2) is 4.68 Å². The first-order valence-corrected chi connectivity index (χ1v) is 6.99. The number of benzene rings is 1. The molecule has 7 heteroatoms. The molecule has 1 heterocycles. The van der Waals surface area contributed by atoms with E-state index < -0.39 is 11.9 Å². The largest absolute Gasteiger partial charge is 0.435 e. The zero-order chi connectivity index (χ0) is 15.2. The predicted molar refractivity (Wildman–Crippen MR) is 74.6 cm³/mol. The molecule has 3 nitrogen and oxygen atoms in total. The molecule has 0 fully saturated rings. The van der Waals surface area contributed by atoms with Gasteiger partial charge in [-0.15, -0.1) is 0 Å². The van der Waals surface area contributed by atoms with E-state index in [4.69, 9.17) is 17.3 Å². The molecule has 0 amide bonds. The normalized spacial score (nSPS) is 15.0. The predicted octanol–water partition coefficient (Wildman–Crippen LogP) is 4.01. The van der Waals surface area contributed by atoms with Gasteiger partial charge in [0.2, 0.25) is 0 Å². The van der Waals surface area contributed by atoms with Crippen LogP contribution in [0, 0.1) is 0 Å². The summed E-state index contributed by atoms with van der Waals surface area (Å²) in [6.45, 7) is 0. The van der Waals surface area contributed by atoms with Crippen LogP contribution >= 0.6 is 11.6 Å². The van der Waals surface area contributed by atoms with E-state index in [9.17, 15) is 13.2 Å². The molecule has 2 aromatic rings. The van der Waals surface area contributed by atoms with Crippen molar-refractivity contribution in [3.63, 3.8) is 0 Å². The molecule has 0 spiro atoms. The summed E-state index contributed by atoms with van der Waals surface area (Å²) in [5.41, 5.74) is 6.60. The first-order valence-electron chi connectivity index (χ1n) is 6.61. The standard InChI is InChI=1S/C14H13ClF3N3/c15-10-7-8(19)5-6-12(10)21-11-4-2-1-3-9(11)13(20-21)14(16,17)18/h5-7H,1-4,19H2. The van der Waals surface area contributed by atoms with Crippen LogP contribution in [0.25, 0.3) is 5.69 Å². The molecule has 0 saturated heterocycles. The molecule has 0 atom stereocenters. The number of hydrogen-bond donors (Lipinski definition) is 1. The highest BCUT2D eigenvalue weighted by Gasteiger charge is 2.39. The molecule has 0 aliphatic heterocycles. The monoisotopic (exact) mass is 315 g/mol. The third-order valence-corrected chi connectivity index (χ3v) is 3.95. The minimum Gasteiger partial charge on any atom is -0.399 e. The fourth-order valence-corrected chi connectivity index (χ4v) is 2.99. The minimum absolute atomic E-state index is 0.291. The highest BCUT2D eigenvalue weighted by Crippen LogP contribution is 2.37. The van der Waals surface area contributed by atoms with Crippen molar-refractivity contribution < 1.29 is 13.2 Å². The van der Waals surface area contributed by atoms with Gasteiger partial charge in [0.05, 0.1) is 10.7 Å². The quantitative estimate of drug-likeness (QED) is 0.808. The van der Waals surface area contributed by atoms with Gasteiger partial charge in [0.1, 0.15) is 0 Å². The van der Waals surface area contributed by atoms with E-state index in [1.165, 1.54) is 10.7 Å². The van der Waals surface area contributed by atoms with Crippen LogP contribution in [0.3, 0.4) is 0 Å². The molecule has 2 N–H and O–H groups in total. The van der Waals surface area contributed by atoms with Gasteiger partial charge in [0.25, 0.3) is 0 Å². The number of aromatic nitrogens is 2. The summed E-state index contributed by atoms with van der Waals surface area (Å²) in [4.78, 5) is 0. The van der Waals surface area contributed by atoms with Crippen molar-refractivity contribution in [1.82, 2.24) is 9.78 Å². The Balaban J connectivity index is 2.21. The summed E-state index contributed by atoms with van der Waals surface area (Å²) >= 11 is 6.11. The van der Waals surface area contributed by atoms with Crippen molar-refractivity contribution in [2.24, 2.45) is 0 Å². The van der Waals surface area contributed by atoms with Gasteiger partial charge >= 0.3 is 6.18 Å². The highest BCUT2D eigenvalue weighted by molar-refractivity contribution is 6.32. The van der Waals surface area contributed by atoms with Crippen molar-refractivity contribution in [3.8, 4) is 5.69 Å². The highest BCUT2D eigenvalue weighted by atomic mass is 35.5. The van der Waals surface area contributed by atoms with E-state index in [1.54, 1.807) is 12.1 Å². The Morgan fingerprint density at radius 2 is 1.90 bits per heavy atom. The van der Waals surface area contributed by atoms with Crippen molar-refractivity contribution in [3.05, 3.63) is 40.2 Å². The number of nitrogens with two attached hydrogens (primary N) is 1. The number of halogens is 4. The lowest BCUT2D eigenvalue weighted by atomic mass is 9.95. The molecular formula is C14H13ClF3N3. The van der Waals surface area contributed by atoms with Crippen LogP contribution in [0.15, 0.2) is 18.2 Å². The van der Waals surface area contributed by atoms with E-state index in [0.717, 1.165) is 12.8 Å². The molecule has 1 aliphatic carbocycles. The maximum atomic E-state index is 13.1. The van der Waals surface area contributed by atoms with Gasteiger partial charge < -0.3 is 5.73 Å². The van der Waals surface area contributed by atoms with Crippen molar-refractivity contribution in [2.75, 3.05) is 5.73 Å². The maximum absolute atomic E-state index is 13.1. The number of alkyl halides is 3. The Morgan fingerprint density at radius 1 is 1.19 bits per heavy atom. The third-order valence-electron chi connectivity index (χ3n) is 3.65. The Kier molecular flexibility index (Phi) is 3.36. The lowest BCUT2D eigenvalue weighted by molar-refractivity contribution is -0.142. The number of nitrogens with zero attached hydrogens (tertiary/aromatic N) is 2. The Bertz CT molecular complexity index is 692. The van der Waals surface area contributed by atoms with Crippen molar-refractivity contribution >= 4 is 17.3 Å². The maximum Gasteiger partial charge on any atom is 0.435 e. The lowest BCUT2D eigenvalue weighted by Gasteiger charge is -2.15. The summed E-state index contributed by atoms with van der Waals surface area (Å²) in [6, 6.07) is 4.71. The molecule has 112 valence electrons. The van der Waals surface area contributed by atoms with Gasteiger partial charge in [-0.05, 0) is 43.9 Å². The molecule has 0 saturated carbocycles. The fraction of sp³-hybridized carbons (Fsp3) is 0.357. The second-order valence-corrected chi connectivity index (χ2v) is 5.51. The molecule has 1 aromatic heterocycles. The third kappa shape index (κ3) is 2.48. The molecule has 3 rings (SSSR count). The average molecular weight is 316 g/mol. The number of anilines is 1. The molecule has 0 unspecified atom stereocenters. The van der Waals surface area contributed by atoms with E-state index in [1.807, 2.05) is 0 Å². The lowest BCUT2D eigenvalue weighted by Crippen LogP contribution is -2.11. The molecule has 1 aliphatic rings. The molecule has 1 aromatic carbocycles. The zero-order valence-corrected chi connectivity index (χ0v) is 11.8. The number of rotatable bonds is 1.